The molecule has 0 aromatic heterocycles. The van der Waals surface area contributed by atoms with E-state index in [0.29, 0.717) is 19.4 Å². The number of halogens is 1. The van der Waals surface area contributed by atoms with E-state index in [1.54, 1.807) is 31.4 Å². The molecule has 134 valence electrons. The summed E-state index contributed by atoms with van der Waals surface area (Å²) in [4.78, 5) is 11.8. The van der Waals surface area contributed by atoms with Crippen LogP contribution in [0.4, 0.5) is 0 Å². The average Bonchev–Trinajstić information content (AvgIpc) is 2.63. The first-order valence-electron chi connectivity index (χ1n) is 8.05. The first-order valence-corrected chi connectivity index (χ1v) is 8.85. The Bertz CT molecular complexity index is 675. The highest BCUT2D eigenvalue weighted by molar-refractivity contribution is 9.10. The summed E-state index contributed by atoms with van der Waals surface area (Å²) in [6.07, 6.45) is 0.216. The third-order valence-corrected chi connectivity index (χ3v) is 4.10. The van der Waals surface area contributed by atoms with Gasteiger partial charge in [-0.05, 0) is 42.3 Å². The maximum atomic E-state index is 11.8. The Morgan fingerprint density at radius 2 is 1.96 bits per heavy atom. The molecule has 2 rings (SSSR count). The van der Waals surface area contributed by atoms with Crippen LogP contribution in [0.3, 0.4) is 0 Å². The molecule has 0 aliphatic heterocycles. The quantitative estimate of drug-likeness (QED) is 0.624. The molecular formula is C19H22BrNO4. The SMILES string of the molecule is COc1ccc(C(O)CNC(=O)CCCOc2cccc(Br)c2)cc1. The number of benzene rings is 2. The molecule has 2 aromatic carbocycles. The summed E-state index contributed by atoms with van der Waals surface area (Å²) in [6.45, 7) is 0.641. The fourth-order valence-corrected chi connectivity index (χ4v) is 2.60. The lowest BCUT2D eigenvalue weighted by Crippen LogP contribution is -2.28. The normalized spacial score (nSPS) is 11.6. The second kappa shape index (κ2) is 10.1. The van der Waals surface area contributed by atoms with Gasteiger partial charge in [0.25, 0.3) is 0 Å². The van der Waals surface area contributed by atoms with E-state index in [1.165, 1.54) is 0 Å². The van der Waals surface area contributed by atoms with Crippen LogP contribution in [0.25, 0.3) is 0 Å². The average molecular weight is 408 g/mol. The van der Waals surface area contributed by atoms with Crippen LogP contribution in [0.1, 0.15) is 24.5 Å². The van der Waals surface area contributed by atoms with Crippen LogP contribution in [0.5, 0.6) is 11.5 Å². The van der Waals surface area contributed by atoms with Crippen molar-refractivity contribution in [1.29, 1.82) is 0 Å². The van der Waals surface area contributed by atoms with Gasteiger partial charge >= 0.3 is 0 Å². The first-order chi connectivity index (χ1) is 12.1. The molecule has 0 aliphatic rings. The molecule has 25 heavy (non-hydrogen) atoms. The number of aliphatic hydroxyl groups is 1. The predicted molar refractivity (Wildman–Crippen MR) is 99.8 cm³/mol. The van der Waals surface area contributed by atoms with Gasteiger partial charge in [0.15, 0.2) is 0 Å². The van der Waals surface area contributed by atoms with Crippen molar-refractivity contribution >= 4 is 21.8 Å². The van der Waals surface area contributed by atoms with Crippen molar-refractivity contribution in [3.63, 3.8) is 0 Å². The molecule has 0 spiro atoms. The molecule has 0 heterocycles. The van der Waals surface area contributed by atoms with Crippen molar-refractivity contribution in [2.75, 3.05) is 20.3 Å². The number of amides is 1. The molecule has 1 amide bonds. The van der Waals surface area contributed by atoms with E-state index in [-0.39, 0.29) is 12.5 Å². The minimum Gasteiger partial charge on any atom is -0.497 e. The van der Waals surface area contributed by atoms with Crippen molar-refractivity contribution in [2.24, 2.45) is 0 Å². The highest BCUT2D eigenvalue weighted by atomic mass is 79.9. The number of methoxy groups -OCH3 is 1. The molecule has 2 aromatic rings. The van der Waals surface area contributed by atoms with Gasteiger partial charge in [0.1, 0.15) is 11.5 Å². The van der Waals surface area contributed by atoms with Crippen molar-refractivity contribution in [3.05, 3.63) is 58.6 Å². The molecule has 0 saturated carbocycles. The number of ether oxygens (including phenoxy) is 2. The van der Waals surface area contributed by atoms with Gasteiger partial charge in [0, 0.05) is 17.4 Å². The molecular weight excluding hydrogens is 386 g/mol. The number of rotatable bonds is 9. The Kier molecular flexibility index (Phi) is 7.76. The van der Waals surface area contributed by atoms with Crippen molar-refractivity contribution in [1.82, 2.24) is 5.32 Å². The Hall–Kier alpha value is -2.05. The van der Waals surface area contributed by atoms with Gasteiger partial charge in [-0.1, -0.05) is 34.1 Å². The van der Waals surface area contributed by atoms with E-state index in [0.717, 1.165) is 21.5 Å². The lowest BCUT2D eigenvalue weighted by atomic mass is 10.1. The first kappa shape index (κ1) is 19.3. The van der Waals surface area contributed by atoms with Gasteiger partial charge in [-0.15, -0.1) is 0 Å². The zero-order valence-electron chi connectivity index (χ0n) is 14.1. The molecule has 0 radical (unpaired) electrons. The third kappa shape index (κ3) is 6.76. The highest BCUT2D eigenvalue weighted by Gasteiger charge is 2.09. The Labute approximate surface area is 156 Å². The lowest BCUT2D eigenvalue weighted by Gasteiger charge is -2.13. The highest BCUT2D eigenvalue weighted by Crippen LogP contribution is 2.18. The van der Waals surface area contributed by atoms with Crippen LogP contribution in [-0.2, 0) is 4.79 Å². The predicted octanol–water partition coefficient (Wildman–Crippen LogP) is 3.47. The fraction of sp³-hybridized carbons (Fsp3) is 0.316. The molecule has 1 unspecified atom stereocenters. The minimum absolute atomic E-state index is 0.106. The summed E-state index contributed by atoms with van der Waals surface area (Å²) in [7, 11) is 1.59. The van der Waals surface area contributed by atoms with Gasteiger partial charge in [-0.2, -0.15) is 0 Å². The summed E-state index contributed by atoms with van der Waals surface area (Å²) in [5.41, 5.74) is 0.735. The topological polar surface area (TPSA) is 67.8 Å². The standard InChI is InChI=1S/C19H22BrNO4/c1-24-16-9-7-14(8-10-16)18(22)13-21-19(23)6-3-11-25-17-5-2-4-15(20)12-17/h2,4-5,7-10,12,18,22H,3,6,11,13H2,1H3,(H,21,23). The van der Waals surface area contributed by atoms with Crippen molar-refractivity contribution < 1.29 is 19.4 Å². The zero-order chi connectivity index (χ0) is 18.1. The van der Waals surface area contributed by atoms with Gasteiger partial charge in [-0.3, -0.25) is 4.79 Å². The van der Waals surface area contributed by atoms with Gasteiger partial charge in [-0.25, -0.2) is 0 Å². The van der Waals surface area contributed by atoms with Crippen LogP contribution in [-0.4, -0.2) is 31.3 Å². The maximum Gasteiger partial charge on any atom is 0.220 e. The van der Waals surface area contributed by atoms with Crippen molar-refractivity contribution in [3.8, 4) is 11.5 Å². The van der Waals surface area contributed by atoms with E-state index in [1.807, 2.05) is 24.3 Å². The molecule has 0 aliphatic carbocycles. The number of carbonyl (C=O) groups is 1. The molecule has 0 fully saturated rings. The largest absolute Gasteiger partial charge is 0.497 e. The van der Waals surface area contributed by atoms with E-state index in [4.69, 9.17) is 9.47 Å². The Morgan fingerprint density at radius 1 is 1.20 bits per heavy atom. The lowest BCUT2D eigenvalue weighted by molar-refractivity contribution is -0.121. The molecule has 5 nitrogen and oxygen atoms in total. The third-order valence-electron chi connectivity index (χ3n) is 3.61. The molecule has 0 bridgehead atoms. The summed E-state index contributed by atoms with van der Waals surface area (Å²) in [6, 6.07) is 14.7. The van der Waals surface area contributed by atoms with Crippen LogP contribution in [0, 0.1) is 0 Å². The Balaban J connectivity index is 1.64. The van der Waals surface area contributed by atoms with E-state index in [2.05, 4.69) is 21.2 Å². The molecule has 2 N–H and O–H groups in total. The molecule has 1 atom stereocenters. The van der Waals surface area contributed by atoms with Gasteiger partial charge < -0.3 is 19.9 Å². The Morgan fingerprint density at radius 3 is 2.64 bits per heavy atom. The number of nitrogens with one attached hydrogen (secondary N) is 1. The number of aliphatic hydroxyl groups excluding tert-OH is 1. The molecule has 0 saturated heterocycles. The van der Waals surface area contributed by atoms with E-state index < -0.39 is 6.10 Å². The van der Waals surface area contributed by atoms with Crippen molar-refractivity contribution in [2.45, 2.75) is 18.9 Å². The van der Waals surface area contributed by atoms with Crippen LogP contribution < -0.4 is 14.8 Å². The fourth-order valence-electron chi connectivity index (χ4n) is 2.22. The molecule has 6 heteroatoms. The summed E-state index contributed by atoms with van der Waals surface area (Å²) < 4.78 is 11.6. The number of hydrogen-bond acceptors (Lipinski definition) is 4. The van der Waals surface area contributed by atoms with E-state index in [9.17, 15) is 9.90 Å². The van der Waals surface area contributed by atoms with Gasteiger partial charge in [0.2, 0.25) is 5.91 Å². The summed E-state index contributed by atoms with van der Waals surface area (Å²) in [5.74, 6) is 1.39. The summed E-state index contributed by atoms with van der Waals surface area (Å²) in [5, 5.41) is 12.8. The second-order valence-electron chi connectivity index (χ2n) is 5.50. The minimum atomic E-state index is -0.743. The monoisotopic (exact) mass is 407 g/mol. The van der Waals surface area contributed by atoms with Gasteiger partial charge in [0.05, 0.1) is 19.8 Å². The van der Waals surface area contributed by atoms with Crippen LogP contribution in [0.15, 0.2) is 53.0 Å². The number of carbonyl (C=O) groups excluding carboxylic acids is 1. The summed E-state index contributed by atoms with van der Waals surface area (Å²) >= 11 is 3.38. The smallest absolute Gasteiger partial charge is 0.220 e. The van der Waals surface area contributed by atoms with E-state index >= 15 is 0 Å². The zero-order valence-corrected chi connectivity index (χ0v) is 15.7. The second-order valence-corrected chi connectivity index (χ2v) is 6.42. The number of hydrogen-bond donors (Lipinski definition) is 2. The van der Waals surface area contributed by atoms with Crippen LogP contribution in [0.2, 0.25) is 0 Å². The van der Waals surface area contributed by atoms with Crippen LogP contribution >= 0.6 is 15.9 Å². The maximum absolute atomic E-state index is 11.8.